The van der Waals surface area contributed by atoms with Crippen molar-refractivity contribution in [2.75, 3.05) is 11.1 Å². The summed E-state index contributed by atoms with van der Waals surface area (Å²) in [6.07, 6.45) is 0. The average molecular weight is 517 g/mol. The minimum Gasteiger partial charge on any atom is -0.506 e. The summed E-state index contributed by atoms with van der Waals surface area (Å²) in [4.78, 5) is 15.0. The van der Waals surface area contributed by atoms with Crippen molar-refractivity contribution in [3.05, 3.63) is 40.5 Å². The highest BCUT2D eigenvalue weighted by Gasteiger charge is 2.47. The predicted octanol–water partition coefficient (Wildman–Crippen LogP) is 2.89. The molecule has 0 unspecified atom stereocenters. The van der Waals surface area contributed by atoms with Crippen LogP contribution in [0.15, 0.2) is 44.7 Å². The van der Waals surface area contributed by atoms with Crippen LogP contribution in [0.2, 0.25) is 0 Å². The van der Waals surface area contributed by atoms with E-state index in [2.05, 4.69) is 20.9 Å². The summed E-state index contributed by atoms with van der Waals surface area (Å²) in [6.45, 7) is 1.36. The Kier molecular flexibility index (Phi) is 6.30. The van der Waals surface area contributed by atoms with Gasteiger partial charge >= 0.3 is 5.51 Å². The zero-order chi connectivity index (χ0) is 22.2. The Balaban J connectivity index is 2.47. The maximum absolute atomic E-state index is 12.7. The number of aromatic hydroxyl groups is 1. The molecule has 14 heteroatoms. The summed E-state index contributed by atoms with van der Waals surface area (Å²) in [5, 5.41) is 11.4. The number of halogens is 4. The number of anilines is 1. The zero-order valence-electron chi connectivity index (χ0n) is 14.4. The van der Waals surface area contributed by atoms with Crippen molar-refractivity contribution >= 4 is 47.2 Å². The molecule has 0 aliphatic rings. The molecule has 0 spiro atoms. The molecule has 0 saturated heterocycles. The van der Waals surface area contributed by atoms with E-state index < -0.39 is 58.1 Å². The molecule has 0 atom stereocenters. The molecule has 0 saturated carbocycles. The van der Waals surface area contributed by atoms with Crippen LogP contribution < -0.4 is 5.32 Å². The first kappa shape index (κ1) is 23.1. The molecule has 1 aromatic carbocycles. The van der Waals surface area contributed by atoms with Gasteiger partial charge in [0.1, 0.15) is 11.4 Å². The van der Waals surface area contributed by atoms with Gasteiger partial charge in [-0.05, 0) is 46.3 Å². The average Bonchev–Trinajstić information content (AvgIpc) is 2.62. The van der Waals surface area contributed by atoms with Gasteiger partial charge in [-0.2, -0.15) is 13.2 Å². The quantitative estimate of drug-likeness (QED) is 0.584. The first-order valence-corrected chi connectivity index (χ1v) is 11.5. The van der Waals surface area contributed by atoms with Crippen LogP contribution in [-0.4, -0.2) is 44.1 Å². The molecular weight excluding hydrogens is 505 g/mol. The van der Waals surface area contributed by atoms with Gasteiger partial charge in [0.15, 0.2) is 14.9 Å². The van der Waals surface area contributed by atoms with Crippen molar-refractivity contribution in [3.8, 4) is 5.75 Å². The maximum atomic E-state index is 12.7. The Bertz CT molecular complexity index is 1180. The fourth-order valence-electron chi connectivity index (χ4n) is 2.00. The highest BCUT2D eigenvalue weighted by atomic mass is 79.9. The Labute approximate surface area is 171 Å². The molecule has 0 radical (unpaired) electrons. The second kappa shape index (κ2) is 7.91. The first-order valence-electron chi connectivity index (χ1n) is 7.55. The van der Waals surface area contributed by atoms with Crippen LogP contribution in [0.25, 0.3) is 0 Å². The summed E-state index contributed by atoms with van der Waals surface area (Å²) in [5.74, 6) is -2.10. The van der Waals surface area contributed by atoms with Crippen LogP contribution in [0.1, 0.15) is 17.4 Å². The van der Waals surface area contributed by atoms with Crippen LogP contribution in [0.3, 0.4) is 0 Å². The summed E-state index contributed by atoms with van der Waals surface area (Å²) in [7, 11) is -9.48. The summed E-state index contributed by atoms with van der Waals surface area (Å²) < 4.78 is 85.1. The number of carbonyl (C=O) groups excluding carboxylic acids is 1. The van der Waals surface area contributed by atoms with Crippen molar-refractivity contribution in [3.63, 3.8) is 0 Å². The minimum atomic E-state index is -5.72. The standard InChI is InChI=1S/C15H12BrF3N2O6S2/c1-2-28(24,25)12-6-4-9(16)13(21-12)14(23)20-10-7-8(3-5-11(10)22)29(26,27)15(17,18)19/h3-7,22H,2H2,1H3,(H,20,23). The Morgan fingerprint density at radius 1 is 1.17 bits per heavy atom. The third kappa shape index (κ3) is 4.70. The van der Waals surface area contributed by atoms with Gasteiger partial charge < -0.3 is 10.4 Å². The molecule has 0 fully saturated rings. The van der Waals surface area contributed by atoms with Gasteiger partial charge in [0.2, 0.25) is 0 Å². The molecular formula is C15H12BrF3N2O6S2. The van der Waals surface area contributed by atoms with Crippen LogP contribution in [0.4, 0.5) is 18.9 Å². The highest BCUT2D eigenvalue weighted by Crippen LogP contribution is 2.34. The normalized spacial score (nSPS) is 12.6. The Morgan fingerprint density at radius 3 is 2.34 bits per heavy atom. The van der Waals surface area contributed by atoms with E-state index in [0.717, 1.165) is 6.07 Å². The molecule has 0 aliphatic heterocycles. The lowest BCUT2D eigenvalue weighted by Crippen LogP contribution is -2.23. The maximum Gasteiger partial charge on any atom is 0.501 e. The molecule has 2 aromatic rings. The van der Waals surface area contributed by atoms with Crippen molar-refractivity contribution in [2.24, 2.45) is 0 Å². The number of aromatic nitrogens is 1. The van der Waals surface area contributed by atoms with Crippen LogP contribution >= 0.6 is 15.9 Å². The lowest BCUT2D eigenvalue weighted by molar-refractivity contribution is -0.0436. The number of hydrogen-bond acceptors (Lipinski definition) is 7. The topological polar surface area (TPSA) is 130 Å². The summed E-state index contributed by atoms with van der Waals surface area (Å²) >= 11 is 3.00. The SMILES string of the molecule is CCS(=O)(=O)c1ccc(Br)c(C(=O)Nc2cc(S(=O)(=O)C(F)(F)F)ccc2O)n1. The fraction of sp³-hybridized carbons (Fsp3) is 0.200. The number of benzene rings is 1. The molecule has 1 heterocycles. The molecule has 1 amide bonds. The number of rotatable bonds is 5. The fourth-order valence-corrected chi connectivity index (χ4v) is 3.99. The third-order valence-corrected chi connectivity index (χ3v) is 7.31. The van der Waals surface area contributed by atoms with E-state index in [1.165, 1.54) is 13.0 Å². The molecule has 2 N–H and O–H groups in total. The number of carbonyl (C=O) groups is 1. The lowest BCUT2D eigenvalue weighted by atomic mass is 10.2. The second-order valence-corrected chi connectivity index (χ2v) is 10.5. The number of hydrogen-bond donors (Lipinski definition) is 2. The number of nitrogens with one attached hydrogen (secondary N) is 1. The van der Waals surface area contributed by atoms with E-state index >= 15 is 0 Å². The molecule has 0 bridgehead atoms. The number of amides is 1. The third-order valence-electron chi connectivity index (χ3n) is 3.57. The monoisotopic (exact) mass is 516 g/mol. The van der Waals surface area contributed by atoms with Crippen molar-refractivity contribution in [1.29, 1.82) is 0 Å². The van der Waals surface area contributed by atoms with E-state index in [1.54, 1.807) is 0 Å². The van der Waals surface area contributed by atoms with Crippen molar-refractivity contribution in [1.82, 2.24) is 4.98 Å². The van der Waals surface area contributed by atoms with Gasteiger partial charge in [-0.3, -0.25) is 4.79 Å². The van der Waals surface area contributed by atoms with Crippen molar-refractivity contribution in [2.45, 2.75) is 22.4 Å². The number of phenols is 1. The van der Waals surface area contributed by atoms with E-state index in [4.69, 9.17) is 0 Å². The molecule has 158 valence electrons. The molecule has 1 aromatic heterocycles. The highest BCUT2D eigenvalue weighted by molar-refractivity contribution is 9.10. The first-order chi connectivity index (χ1) is 13.2. The number of phenolic OH excluding ortho intramolecular Hbond substituents is 1. The smallest absolute Gasteiger partial charge is 0.501 e. The van der Waals surface area contributed by atoms with Gasteiger partial charge in [-0.1, -0.05) is 6.92 Å². The van der Waals surface area contributed by atoms with E-state index in [-0.39, 0.29) is 10.2 Å². The van der Waals surface area contributed by atoms with Gasteiger partial charge in [0.25, 0.3) is 15.7 Å². The molecule has 29 heavy (non-hydrogen) atoms. The van der Waals surface area contributed by atoms with Gasteiger partial charge in [0.05, 0.1) is 16.3 Å². The van der Waals surface area contributed by atoms with Crippen LogP contribution in [0.5, 0.6) is 5.75 Å². The number of sulfone groups is 2. The van der Waals surface area contributed by atoms with Crippen molar-refractivity contribution < 1.29 is 39.9 Å². The van der Waals surface area contributed by atoms with Crippen LogP contribution in [-0.2, 0) is 19.7 Å². The lowest BCUT2D eigenvalue weighted by Gasteiger charge is -2.12. The second-order valence-electron chi connectivity index (χ2n) is 5.47. The van der Waals surface area contributed by atoms with E-state index in [0.29, 0.717) is 18.2 Å². The Morgan fingerprint density at radius 2 is 1.79 bits per heavy atom. The van der Waals surface area contributed by atoms with E-state index in [1.807, 2.05) is 5.32 Å². The summed E-state index contributed by atoms with van der Waals surface area (Å²) in [6, 6.07) is 3.99. The number of nitrogens with zero attached hydrogens (tertiary/aromatic N) is 1. The van der Waals surface area contributed by atoms with Crippen LogP contribution in [0, 0.1) is 0 Å². The minimum absolute atomic E-state index is 0.0589. The van der Waals surface area contributed by atoms with Gasteiger partial charge in [-0.15, -0.1) is 0 Å². The van der Waals surface area contributed by atoms with Gasteiger partial charge in [0, 0.05) is 4.47 Å². The molecule has 2 rings (SSSR count). The summed E-state index contributed by atoms with van der Waals surface area (Å²) in [5.41, 5.74) is -6.67. The predicted molar refractivity (Wildman–Crippen MR) is 99.0 cm³/mol. The largest absolute Gasteiger partial charge is 0.506 e. The van der Waals surface area contributed by atoms with E-state index in [9.17, 15) is 39.9 Å². The Hall–Kier alpha value is -2.19. The van der Waals surface area contributed by atoms with Gasteiger partial charge in [-0.25, -0.2) is 21.8 Å². The molecule has 0 aliphatic carbocycles. The molecule has 8 nitrogen and oxygen atoms in total. The number of alkyl halides is 3. The number of pyridine rings is 1. The zero-order valence-corrected chi connectivity index (χ0v) is 17.6.